The van der Waals surface area contributed by atoms with Crippen molar-refractivity contribution in [2.75, 3.05) is 0 Å². The van der Waals surface area contributed by atoms with E-state index in [2.05, 4.69) is 100 Å². The van der Waals surface area contributed by atoms with Crippen molar-refractivity contribution in [3.63, 3.8) is 0 Å². The van der Waals surface area contributed by atoms with Crippen LogP contribution in [0.25, 0.3) is 0 Å². The fourth-order valence-electron chi connectivity index (χ4n) is 6.47. The quantitative estimate of drug-likeness (QED) is 0.0838. The SMILES string of the molecule is CC.CC.CC.O=C(OC12CC3CC(C1)C(O)C(C3)C2)C(F)(F)SOO[O-].c1ccc([S+](c2ccccc2)c2ccccc2)cc1. The molecule has 3 aromatic carbocycles. The number of alkyl halides is 2. The second-order valence-electron chi connectivity index (χ2n) is 10.5. The van der Waals surface area contributed by atoms with E-state index in [0.717, 1.165) is 12.8 Å². The van der Waals surface area contributed by atoms with E-state index in [4.69, 9.17) is 4.74 Å². The first kappa shape index (κ1) is 39.7. The summed E-state index contributed by atoms with van der Waals surface area (Å²) in [4.78, 5) is 15.7. The monoisotopic (exact) mass is 678 g/mol. The highest BCUT2D eigenvalue weighted by molar-refractivity contribution is 7.97. The number of carbonyl (C=O) groups is 1. The summed E-state index contributed by atoms with van der Waals surface area (Å²) in [6.07, 6.45) is 2.65. The first-order chi connectivity index (χ1) is 22.3. The molecule has 0 aromatic heterocycles. The Balaban J connectivity index is 0.000000277. The maximum Gasteiger partial charge on any atom is 0.415 e. The summed E-state index contributed by atoms with van der Waals surface area (Å²) in [6.45, 7) is 12.0. The van der Waals surface area contributed by atoms with E-state index in [-0.39, 0.29) is 22.7 Å². The van der Waals surface area contributed by atoms with Gasteiger partial charge in [-0.15, -0.1) is 0 Å². The molecule has 0 amide bonds. The Kier molecular flexibility index (Phi) is 17.3. The third-order valence-electron chi connectivity index (χ3n) is 7.82. The molecule has 1 N–H and O–H groups in total. The number of aliphatic hydroxyl groups is 1. The van der Waals surface area contributed by atoms with E-state index in [1.165, 1.54) is 14.7 Å². The molecule has 0 radical (unpaired) electrons. The molecule has 46 heavy (non-hydrogen) atoms. The van der Waals surface area contributed by atoms with Gasteiger partial charge in [0.2, 0.25) is 0 Å². The zero-order valence-corrected chi connectivity index (χ0v) is 29.2. The van der Waals surface area contributed by atoms with Crippen LogP contribution in [0.5, 0.6) is 0 Å². The molecule has 2 unspecified atom stereocenters. The van der Waals surface area contributed by atoms with Gasteiger partial charge in [0.1, 0.15) is 17.6 Å². The Morgan fingerprint density at radius 3 is 1.54 bits per heavy atom. The van der Waals surface area contributed by atoms with E-state index >= 15 is 0 Å². The van der Waals surface area contributed by atoms with Crippen molar-refractivity contribution in [3.8, 4) is 0 Å². The molecule has 10 heteroatoms. The predicted octanol–water partition coefficient (Wildman–Crippen LogP) is 8.79. The summed E-state index contributed by atoms with van der Waals surface area (Å²) >= 11 is -0.676. The second kappa shape index (κ2) is 20.0. The van der Waals surface area contributed by atoms with E-state index in [1.54, 1.807) is 0 Å². The van der Waals surface area contributed by atoms with Crippen molar-refractivity contribution in [1.29, 1.82) is 0 Å². The Labute approximate surface area is 280 Å². The van der Waals surface area contributed by atoms with Crippen molar-refractivity contribution in [3.05, 3.63) is 91.0 Å². The van der Waals surface area contributed by atoms with Gasteiger partial charge in [-0.05, 0) is 86.3 Å². The number of carbonyl (C=O) groups excluding carboxylic acids is 1. The summed E-state index contributed by atoms with van der Waals surface area (Å²) in [6, 6.07) is 32.2. The average Bonchev–Trinajstić information content (AvgIpc) is 3.10. The molecule has 4 saturated carbocycles. The minimum atomic E-state index is -4.01. The highest BCUT2D eigenvalue weighted by atomic mass is 32.2. The summed E-state index contributed by atoms with van der Waals surface area (Å²) in [5, 5.41) is 18.5. The van der Waals surface area contributed by atoms with Gasteiger partial charge in [-0.1, -0.05) is 96.1 Å². The van der Waals surface area contributed by atoms with Crippen LogP contribution in [0, 0.1) is 17.8 Å². The summed E-state index contributed by atoms with van der Waals surface area (Å²) in [5.74, 6) is -1.42. The number of hydrogen-bond donors (Lipinski definition) is 1. The van der Waals surface area contributed by atoms with Crippen molar-refractivity contribution in [2.24, 2.45) is 17.8 Å². The van der Waals surface area contributed by atoms with Gasteiger partial charge >= 0.3 is 11.2 Å². The molecule has 4 aliphatic rings. The number of rotatable bonds is 8. The highest BCUT2D eigenvalue weighted by Gasteiger charge is 2.59. The van der Waals surface area contributed by atoms with Crippen molar-refractivity contribution < 1.29 is 38.0 Å². The van der Waals surface area contributed by atoms with Crippen LogP contribution >= 0.6 is 12.0 Å². The van der Waals surface area contributed by atoms with Crippen molar-refractivity contribution in [2.45, 2.75) is 105 Å². The molecule has 0 heterocycles. The lowest BCUT2D eigenvalue weighted by atomic mass is 9.53. The second-order valence-corrected chi connectivity index (χ2v) is 13.4. The number of ether oxygens (including phenoxy) is 1. The van der Waals surface area contributed by atoms with Gasteiger partial charge in [0, 0.05) is 0 Å². The molecule has 3 aromatic rings. The molecule has 0 aliphatic heterocycles. The van der Waals surface area contributed by atoms with Crippen LogP contribution in [-0.2, 0) is 29.8 Å². The molecular weight excluding hydrogens is 631 g/mol. The average molecular weight is 679 g/mol. The molecule has 4 bridgehead atoms. The van der Waals surface area contributed by atoms with Crippen LogP contribution < -0.4 is 5.26 Å². The minimum Gasteiger partial charge on any atom is -0.691 e. The predicted molar refractivity (Wildman–Crippen MR) is 179 cm³/mol. The maximum atomic E-state index is 13.5. The minimum absolute atomic E-state index is 0.00607. The molecule has 0 spiro atoms. The van der Waals surface area contributed by atoms with Gasteiger partial charge in [-0.3, -0.25) is 5.04 Å². The first-order valence-corrected chi connectivity index (χ1v) is 18.1. The fraction of sp³-hybridized carbons (Fsp3) is 0.472. The molecule has 254 valence electrons. The van der Waals surface area contributed by atoms with E-state index in [0.29, 0.717) is 25.2 Å². The van der Waals surface area contributed by atoms with Gasteiger partial charge in [0.25, 0.3) is 0 Å². The largest absolute Gasteiger partial charge is 0.691 e. The van der Waals surface area contributed by atoms with Crippen LogP contribution in [0.2, 0.25) is 0 Å². The standard InChI is InChI=1S/C18H15S.C12H16F2O6S.3C2H6/c1-4-10-16(11-5-1)19(17-12-6-2-7-13-17)18-14-8-3-9-15-18;13-12(14,21-20-19-17)10(16)18-11-3-6-1-7(4-11)9(15)8(2-6)5-11;3*1-2/h1-15H;6-9,15,17H,1-5H2;3*1-2H3/q+1;;;;/p-1. The Hall–Kier alpha value is -2.47. The highest BCUT2D eigenvalue weighted by Crippen LogP contribution is 2.57. The van der Waals surface area contributed by atoms with Crippen LogP contribution in [-0.4, -0.2) is 28.0 Å². The molecule has 4 fully saturated rings. The zero-order valence-electron chi connectivity index (χ0n) is 27.6. The van der Waals surface area contributed by atoms with Crippen molar-refractivity contribution >= 4 is 28.9 Å². The van der Waals surface area contributed by atoms with Gasteiger partial charge in [0.05, 0.1) is 17.0 Å². The number of hydrogen-bond acceptors (Lipinski definition) is 7. The maximum absolute atomic E-state index is 13.5. The van der Waals surface area contributed by atoms with Crippen LogP contribution in [0.3, 0.4) is 0 Å². The van der Waals surface area contributed by atoms with E-state index in [9.17, 15) is 23.9 Å². The normalized spacial score (nSPS) is 23.6. The molecule has 6 nitrogen and oxygen atoms in total. The third kappa shape index (κ3) is 10.5. The lowest BCUT2D eigenvalue weighted by Crippen LogP contribution is -2.59. The smallest absolute Gasteiger partial charge is 0.415 e. The van der Waals surface area contributed by atoms with Crippen molar-refractivity contribution in [1.82, 2.24) is 0 Å². The van der Waals surface area contributed by atoms with Gasteiger partial charge < -0.3 is 15.1 Å². The Bertz CT molecular complexity index is 1140. The summed E-state index contributed by atoms with van der Waals surface area (Å²) in [7, 11) is -0.0146. The number of esters is 1. The Morgan fingerprint density at radius 2 is 1.17 bits per heavy atom. The Morgan fingerprint density at radius 1 is 0.783 bits per heavy atom. The van der Waals surface area contributed by atoms with Crippen LogP contribution in [0.4, 0.5) is 8.78 Å². The van der Waals surface area contributed by atoms with E-state index < -0.39 is 35.0 Å². The fourth-order valence-corrected chi connectivity index (χ4v) is 8.80. The molecule has 4 aliphatic carbocycles. The van der Waals surface area contributed by atoms with Gasteiger partial charge in [-0.25, -0.2) is 4.79 Å². The molecule has 2 atom stereocenters. The number of halogens is 2. The van der Waals surface area contributed by atoms with Crippen LogP contribution in [0.1, 0.15) is 73.6 Å². The first-order valence-electron chi connectivity index (χ1n) is 16.1. The topological polar surface area (TPSA) is 88.1 Å². The zero-order chi connectivity index (χ0) is 34.2. The molecule has 7 rings (SSSR count). The lowest BCUT2D eigenvalue weighted by molar-refractivity contribution is -0.777. The molecular formula is C36H48F2O6S2. The summed E-state index contributed by atoms with van der Waals surface area (Å²) in [5.41, 5.74) is -0.922. The van der Waals surface area contributed by atoms with Gasteiger partial charge in [-0.2, -0.15) is 13.1 Å². The van der Waals surface area contributed by atoms with E-state index in [1.807, 2.05) is 41.5 Å². The third-order valence-corrected chi connectivity index (χ3v) is 10.5. The number of aliphatic hydroxyl groups excluding tert-OH is 1. The van der Waals surface area contributed by atoms with Gasteiger partial charge in [0.15, 0.2) is 14.7 Å². The number of benzene rings is 3. The summed E-state index contributed by atoms with van der Waals surface area (Å²) < 4.78 is 35.6. The van der Waals surface area contributed by atoms with Crippen LogP contribution in [0.15, 0.2) is 106 Å². The molecule has 0 saturated heterocycles. The lowest BCUT2D eigenvalue weighted by Gasteiger charge is -2.57.